The molecule has 0 fully saturated rings. The van der Waals surface area contributed by atoms with Crippen molar-refractivity contribution in [2.24, 2.45) is 7.05 Å². The van der Waals surface area contributed by atoms with Gasteiger partial charge in [0.05, 0.1) is 6.54 Å². The number of imidazole rings is 1. The molecule has 0 aliphatic carbocycles. The Morgan fingerprint density at radius 1 is 1.33 bits per heavy atom. The lowest BCUT2D eigenvalue weighted by molar-refractivity contribution is 0.0938. The number of nitrogens with zero attached hydrogens (tertiary/aromatic N) is 4. The summed E-state index contributed by atoms with van der Waals surface area (Å²) in [6.45, 7) is 3.41. The first kappa shape index (κ1) is 21.6. The van der Waals surface area contributed by atoms with E-state index in [0.717, 1.165) is 12.1 Å². The van der Waals surface area contributed by atoms with Crippen LogP contribution in [0.1, 0.15) is 5.56 Å². The van der Waals surface area contributed by atoms with Crippen molar-refractivity contribution in [2.75, 3.05) is 39.1 Å². The number of hydrogen-bond donors (Lipinski definition) is 3. The summed E-state index contributed by atoms with van der Waals surface area (Å²) in [5.41, 5.74) is 0.442. The number of hydrogen-bond acceptors (Lipinski definition) is 7. The third kappa shape index (κ3) is 4.89. The molecular weight excluding hydrogens is 388 g/mol. The number of aromatic nitrogens is 4. The maximum atomic E-state index is 12.5. The summed E-state index contributed by atoms with van der Waals surface area (Å²) in [7, 11) is 5.44. The summed E-state index contributed by atoms with van der Waals surface area (Å²) < 4.78 is 8.55. The Hall–Kier alpha value is -3.11. The van der Waals surface area contributed by atoms with Crippen molar-refractivity contribution in [1.82, 2.24) is 24.0 Å². The van der Waals surface area contributed by atoms with Crippen molar-refractivity contribution in [3.8, 4) is 5.75 Å². The van der Waals surface area contributed by atoms with Gasteiger partial charge in [0.1, 0.15) is 18.5 Å². The molecule has 0 saturated heterocycles. The van der Waals surface area contributed by atoms with Crippen molar-refractivity contribution >= 4 is 17.1 Å². The number of ether oxygens (including phenoxy) is 1. The molecule has 3 aromatic rings. The van der Waals surface area contributed by atoms with Gasteiger partial charge in [-0.15, -0.1) is 0 Å². The Morgan fingerprint density at radius 2 is 2.10 bits per heavy atom. The number of H-pyrrole nitrogens is 1. The fourth-order valence-corrected chi connectivity index (χ4v) is 3.10. The van der Waals surface area contributed by atoms with Crippen LogP contribution in [-0.2, 0) is 13.6 Å². The van der Waals surface area contributed by atoms with Gasteiger partial charge in [0.25, 0.3) is 5.56 Å². The number of anilines is 1. The molecule has 0 unspecified atom stereocenters. The van der Waals surface area contributed by atoms with Crippen molar-refractivity contribution in [2.45, 2.75) is 19.6 Å². The van der Waals surface area contributed by atoms with Gasteiger partial charge in [-0.3, -0.25) is 14.3 Å². The highest BCUT2D eigenvalue weighted by molar-refractivity contribution is 5.74. The number of aromatic amines is 1. The first-order valence-electron chi connectivity index (χ1n) is 9.72. The predicted octanol–water partition coefficient (Wildman–Crippen LogP) is 0.145. The lowest BCUT2D eigenvalue weighted by atomic mass is 10.2. The van der Waals surface area contributed by atoms with Crippen molar-refractivity contribution in [3.63, 3.8) is 0 Å². The van der Waals surface area contributed by atoms with E-state index in [0.29, 0.717) is 18.2 Å². The number of benzene rings is 1. The van der Waals surface area contributed by atoms with Crippen LogP contribution in [0.2, 0.25) is 0 Å². The van der Waals surface area contributed by atoms with Gasteiger partial charge in [0.2, 0.25) is 5.95 Å². The van der Waals surface area contributed by atoms with E-state index in [1.54, 1.807) is 11.6 Å². The van der Waals surface area contributed by atoms with Crippen LogP contribution in [0.25, 0.3) is 11.2 Å². The molecule has 10 nitrogen and oxygen atoms in total. The van der Waals surface area contributed by atoms with Crippen LogP contribution in [0.4, 0.5) is 5.95 Å². The van der Waals surface area contributed by atoms with E-state index in [9.17, 15) is 14.7 Å². The van der Waals surface area contributed by atoms with Gasteiger partial charge in [-0.25, -0.2) is 4.79 Å². The zero-order chi connectivity index (χ0) is 21.8. The number of aliphatic hydroxyl groups is 1. The summed E-state index contributed by atoms with van der Waals surface area (Å²) in [5, 5.41) is 13.8. The fourth-order valence-electron chi connectivity index (χ4n) is 3.10. The third-order valence-electron chi connectivity index (χ3n) is 4.67. The molecule has 30 heavy (non-hydrogen) atoms. The number of fused-ring (bicyclic) bond motifs is 1. The highest BCUT2D eigenvalue weighted by Crippen LogP contribution is 2.17. The molecule has 2 heterocycles. The Labute approximate surface area is 173 Å². The van der Waals surface area contributed by atoms with Crippen LogP contribution < -0.4 is 21.3 Å². The van der Waals surface area contributed by atoms with E-state index in [-0.39, 0.29) is 24.3 Å². The maximum Gasteiger partial charge on any atom is 0.329 e. The van der Waals surface area contributed by atoms with Gasteiger partial charge < -0.3 is 24.6 Å². The fraction of sp³-hybridized carbons (Fsp3) is 0.450. The summed E-state index contributed by atoms with van der Waals surface area (Å²) >= 11 is 0. The Kier molecular flexibility index (Phi) is 6.58. The highest BCUT2D eigenvalue weighted by Gasteiger charge is 2.20. The molecule has 0 radical (unpaired) electrons. The standard InChI is InChI=1S/C20H28N6O4/c1-13-6-5-7-15(10-13)30-12-14(27)11-26-16-17(25(4)20(29)23-18(16)28)22-19(26)21-8-9-24(2)3/h5-7,10,14,27H,8-9,11-12H2,1-4H3,(H,21,22)(H,23,28,29)/t14-/m0/s1. The van der Waals surface area contributed by atoms with E-state index in [4.69, 9.17) is 4.74 Å². The topological polar surface area (TPSA) is 117 Å². The van der Waals surface area contributed by atoms with Gasteiger partial charge in [-0.2, -0.15) is 4.98 Å². The summed E-state index contributed by atoms with van der Waals surface area (Å²) in [5.74, 6) is 1.07. The monoisotopic (exact) mass is 416 g/mol. The molecule has 0 aliphatic heterocycles. The number of rotatable bonds is 9. The third-order valence-corrected chi connectivity index (χ3v) is 4.67. The minimum Gasteiger partial charge on any atom is -0.491 e. The van der Waals surface area contributed by atoms with Crippen LogP contribution in [0.15, 0.2) is 33.9 Å². The molecule has 0 aliphatic rings. The molecular formula is C20H28N6O4. The molecule has 0 spiro atoms. The second kappa shape index (κ2) is 9.14. The molecule has 1 aromatic carbocycles. The molecule has 0 amide bonds. The van der Waals surface area contributed by atoms with Gasteiger partial charge in [0.15, 0.2) is 11.2 Å². The first-order valence-corrected chi connectivity index (χ1v) is 9.72. The van der Waals surface area contributed by atoms with Crippen LogP contribution in [0.5, 0.6) is 5.75 Å². The molecule has 0 saturated carbocycles. The minimum absolute atomic E-state index is 0.0456. The average Bonchev–Trinajstić information content (AvgIpc) is 3.03. The van der Waals surface area contributed by atoms with E-state index in [2.05, 4.69) is 15.3 Å². The second-order valence-electron chi connectivity index (χ2n) is 7.55. The quantitative estimate of drug-likeness (QED) is 0.454. The zero-order valence-electron chi connectivity index (χ0n) is 17.7. The summed E-state index contributed by atoms with van der Waals surface area (Å²) in [6.07, 6.45) is -0.894. The van der Waals surface area contributed by atoms with Crippen molar-refractivity contribution in [3.05, 3.63) is 50.7 Å². The van der Waals surface area contributed by atoms with E-state index in [1.165, 1.54) is 4.57 Å². The molecule has 3 rings (SSSR count). The van der Waals surface area contributed by atoms with E-state index < -0.39 is 17.4 Å². The first-order chi connectivity index (χ1) is 14.3. The molecule has 2 aromatic heterocycles. The van der Waals surface area contributed by atoms with Crippen molar-refractivity contribution < 1.29 is 9.84 Å². The highest BCUT2D eigenvalue weighted by atomic mass is 16.5. The summed E-state index contributed by atoms with van der Waals surface area (Å²) in [6, 6.07) is 7.55. The SMILES string of the molecule is Cc1cccc(OC[C@@H](O)Cn2c(NCCN(C)C)nc3c2c(=O)[nH]c(=O)n3C)c1. The van der Waals surface area contributed by atoms with Gasteiger partial charge >= 0.3 is 5.69 Å². The lowest BCUT2D eigenvalue weighted by Crippen LogP contribution is -2.31. The van der Waals surface area contributed by atoms with Crippen LogP contribution >= 0.6 is 0 Å². The Balaban J connectivity index is 1.86. The molecule has 10 heteroatoms. The lowest BCUT2D eigenvalue weighted by Gasteiger charge is -2.16. The molecule has 0 bridgehead atoms. The van der Waals surface area contributed by atoms with E-state index >= 15 is 0 Å². The van der Waals surface area contributed by atoms with Crippen LogP contribution in [0, 0.1) is 6.92 Å². The van der Waals surface area contributed by atoms with Gasteiger partial charge in [-0.1, -0.05) is 12.1 Å². The van der Waals surface area contributed by atoms with Gasteiger partial charge in [-0.05, 0) is 38.7 Å². The predicted molar refractivity (Wildman–Crippen MR) is 115 cm³/mol. The second-order valence-corrected chi connectivity index (χ2v) is 7.55. The summed E-state index contributed by atoms with van der Waals surface area (Å²) in [4.78, 5) is 33.2. The number of aryl methyl sites for hydroxylation is 2. The van der Waals surface area contributed by atoms with Crippen LogP contribution in [-0.4, -0.2) is 69.0 Å². The smallest absolute Gasteiger partial charge is 0.329 e. The average molecular weight is 416 g/mol. The number of likely N-dealkylation sites (N-methyl/N-ethyl adjacent to an activating group) is 1. The van der Waals surface area contributed by atoms with Crippen molar-refractivity contribution in [1.29, 1.82) is 0 Å². The largest absolute Gasteiger partial charge is 0.491 e. The van der Waals surface area contributed by atoms with Gasteiger partial charge in [0, 0.05) is 20.1 Å². The Bertz CT molecular complexity index is 1130. The number of nitrogens with one attached hydrogen (secondary N) is 2. The van der Waals surface area contributed by atoms with E-state index in [1.807, 2.05) is 50.2 Å². The minimum atomic E-state index is -0.894. The Morgan fingerprint density at radius 3 is 2.80 bits per heavy atom. The molecule has 162 valence electrons. The normalized spacial score (nSPS) is 12.5. The molecule has 3 N–H and O–H groups in total. The number of aliphatic hydroxyl groups excluding tert-OH is 1. The zero-order valence-corrected chi connectivity index (χ0v) is 17.7. The molecule has 1 atom stereocenters. The van der Waals surface area contributed by atoms with Crippen LogP contribution in [0.3, 0.4) is 0 Å². The maximum absolute atomic E-state index is 12.5.